The Balaban J connectivity index is 1.33. The Bertz CT molecular complexity index is 1530. The minimum Gasteiger partial charge on any atom is -0.491 e. The summed E-state index contributed by atoms with van der Waals surface area (Å²) in [6.07, 6.45) is 7.17. The molecule has 1 saturated heterocycles. The highest BCUT2D eigenvalue weighted by atomic mass is 16.5. The van der Waals surface area contributed by atoms with E-state index in [1.807, 2.05) is 32.6 Å². The molecule has 6 rings (SSSR count). The van der Waals surface area contributed by atoms with E-state index in [9.17, 15) is 0 Å². The summed E-state index contributed by atoms with van der Waals surface area (Å²) in [4.78, 5) is 28.6. The molecular weight excluding hydrogens is 468 g/mol. The molecule has 1 aliphatic rings. The maximum atomic E-state index is 5.87. The quantitative estimate of drug-likeness (QED) is 0.349. The van der Waals surface area contributed by atoms with Gasteiger partial charge in [0, 0.05) is 62.4 Å². The monoisotopic (exact) mass is 498 g/mol. The summed E-state index contributed by atoms with van der Waals surface area (Å²) < 4.78 is 5.87. The van der Waals surface area contributed by atoms with Gasteiger partial charge in [-0.2, -0.15) is 5.10 Å². The second-order valence-corrected chi connectivity index (χ2v) is 9.66. The van der Waals surface area contributed by atoms with E-state index >= 15 is 0 Å². The number of pyridine rings is 3. The summed E-state index contributed by atoms with van der Waals surface area (Å²) >= 11 is 0. The van der Waals surface area contributed by atoms with Crippen LogP contribution in [0.1, 0.15) is 0 Å². The number of piperazine rings is 1. The molecule has 0 aliphatic carbocycles. The molecule has 5 aromatic rings. The number of fused-ring (bicyclic) bond motifs is 2. The molecule has 2 N–H and O–H groups in total. The number of hydrogen-bond donors (Lipinski definition) is 2. The molecule has 0 radical (unpaired) electrons. The molecule has 0 amide bonds. The standard InChI is InChI=1S/C26H30N10O/c1-34(2)10-11-37-19-12-17(14-27-16-19)18-13-20-22(32-33-24(20)29-15-18)26-30-23-21(4-5-28-25(23)31-26)36-8-6-35(3)7-9-36/h4-5,12-16H,6-11H2,1-3H3,(H,28,30,31)(H,29,32,33). The van der Waals surface area contributed by atoms with Crippen LogP contribution < -0.4 is 9.64 Å². The number of ether oxygens (including phenoxy) is 1. The molecule has 11 nitrogen and oxygen atoms in total. The molecule has 1 fully saturated rings. The lowest BCUT2D eigenvalue weighted by molar-refractivity contribution is 0.261. The lowest BCUT2D eigenvalue weighted by atomic mass is 10.1. The van der Waals surface area contributed by atoms with Crippen molar-refractivity contribution in [3.8, 4) is 28.4 Å². The average Bonchev–Trinajstić information content (AvgIpc) is 3.53. The Kier molecular flexibility index (Phi) is 6.15. The van der Waals surface area contributed by atoms with Gasteiger partial charge in [0.15, 0.2) is 17.1 Å². The third kappa shape index (κ3) is 4.70. The van der Waals surface area contributed by atoms with Crippen molar-refractivity contribution in [1.82, 2.24) is 44.9 Å². The first-order chi connectivity index (χ1) is 18.0. The van der Waals surface area contributed by atoms with Gasteiger partial charge in [0.05, 0.1) is 17.3 Å². The van der Waals surface area contributed by atoms with E-state index < -0.39 is 0 Å². The van der Waals surface area contributed by atoms with Crippen LogP contribution >= 0.6 is 0 Å². The van der Waals surface area contributed by atoms with E-state index in [2.05, 4.69) is 64.0 Å². The second kappa shape index (κ2) is 9.75. The summed E-state index contributed by atoms with van der Waals surface area (Å²) in [5, 5.41) is 8.41. The number of hydrogen-bond acceptors (Lipinski definition) is 9. The van der Waals surface area contributed by atoms with Crippen LogP contribution in [0.5, 0.6) is 5.75 Å². The van der Waals surface area contributed by atoms with E-state index in [-0.39, 0.29) is 0 Å². The van der Waals surface area contributed by atoms with Gasteiger partial charge in [0.2, 0.25) is 0 Å². The molecule has 0 atom stereocenters. The number of anilines is 1. The highest BCUT2D eigenvalue weighted by Gasteiger charge is 2.20. The zero-order valence-corrected chi connectivity index (χ0v) is 21.3. The molecule has 6 heterocycles. The first-order valence-electron chi connectivity index (χ1n) is 12.4. The SMILES string of the molecule is CN(C)CCOc1cncc(-c2cnc3n[nH]c(-c4nc5nccc(N6CCN(C)CC6)c5[nH]4)c3c2)c1. The van der Waals surface area contributed by atoms with Gasteiger partial charge in [-0.05, 0) is 39.3 Å². The van der Waals surface area contributed by atoms with Crippen LogP contribution in [0.4, 0.5) is 5.69 Å². The average molecular weight is 499 g/mol. The first kappa shape index (κ1) is 23.3. The molecule has 1 aliphatic heterocycles. The summed E-state index contributed by atoms with van der Waals surface area (Å²) in [5.41, 5.74) is 5.99. The normalized spacial score (nSPS) is 14.8. The van der Waals surface area contributed by atoms with Crippen LogP contribution in [0.2, 0.25) is 0 Å². The Morgan fingerprint density at radius 1 is 1.00 bits per heavy atom. The van der Waals surface area contributed by atoms with Crippen molar-refractivity contribution in [2.24, 2.45) is 0 Å². The van der Waals surface area contributed by atoms with Gasteiger partial charge in [-0.3, -0.25) is 10.1 Å². The van der Waals surface area contributed by atoms with Crippen LogP contribution in [0.15, 0.2) is 43.0 Å². The lowest BCUT2D eigenvalue weighted by Crippen LogP contribution is -2.44. The Morgan fingerprint density at radius 2 is 1.84 bits per heavy atom. The fraction of sp³-hybridized carbons (Fsp3) is 0.346. The second-order valence-electron chi connectivity index (χ2n) is 9.66. The van der Waals surface area contributed by atoms with Crippen LogP contribution in [0.3, 0.4) is 0 Å². The third-order valence-electron chi connectivity index (χ3n) is 6.71. The van der Waals surface area contributed by atoms with Gasteiger partial charge in [-0.25, -0.2) is 15.0 Å². The van der Waals surface area contributed by atoms with Crippen LogP contribution in [0, 0.1) is 0 Å². The number of imidazole rings is 1. The topological polar surface area (TPSA) is 115 Å². The van der Waals surface area contributed by atoms with E-state index in [0.717, 1.165) is 71.9 Å². The highest BCUT2D eigenvalue weighted by Crippen LogP contribution is 2.32. The van der Waals surface area contributed by atoms with Crippen LogP contribution in [-0.2, 0) is 0 Å². The number of nitrogens with zero attached hydrogens (tertiary/aromatic N) is 8. The summed E-state index contributed by atoms with van der Waals surface area (Å²) in [6.45, 7) is 5.42. The minimum atomic E-state index is 0.595. The van der Waals surface area contributed by atoms with Gasteiger partial charge < -0.3 is 24.4 Å². The van der Waals surface area contributed by atoms with Crippen molar-refractivity contribution < 1.29 is 4.74 Å². The van der Waals surface area contributed by atoms with Crippen molar-refractivity contribution in [1.29, 1.82) is 0 Å². The predicted octanol–water partition coefficient (Wildman–Crippen LogP) is 2.65. The fourth-order valence-electron chi connectivity index (χ4n) is 4.57. The van der Waals surface area contributed by atoms with Crippen molar-refractivity contribution in [3.63, 3.8) is 0 Å². The number of aromatic amines is 2. The summed E-state index contributed by atoms with van der Waals surface area (Å²) in [5.74, 6) is 1.41. The zero-order valence-electron chi connectivity index (χ0n) is 21.3. The summed E-state index contributed by atoms with van der Waals surface area (Å²) in [7, 11) is 6.20. The van der Waals surface area contributed by atoms with E-state index in [1.54, 1.807) is 12.4 Å². The molecular formula is C26H30N10O. The molecule has 0 saturated carbocycles. The van der Waals surface area contributed by atoms with Gasteiger partial charge in [-0.1, -0.05) is 0 Å². The van der Waals surface area contributed by atoms with Gasteiger partial charge in [0.1, 0.15) is 23.6 Å². The zero-order chi connectivity index (χ0) is 25.4. The molecule has 0 spiro atoms. The van der Waals surface area contributed by atoms with E-state index in [0.29, 0.717) is 23.7 Å². The van der Waals surface area contributed by atoms with Crippen LogP contribution in [-0.4, -0.2) is 105 Å². The number of nitrogens with one attached hydrogen (secondary N) is 2. The Morgan fingerprint density at radius 3 is 2.68 bits per heavy atom. The number of H-pyrrole nitrogens is 2. The van der Waals surface area contributed by atoms with Crippen molar-refractivity contribution in [3.05, 3.63) is 43.0 Å². The predicted molar refractivity (Wildman–Crippen MR) is 144 cm³/mol. The molecule has 190 valence electrons. The fourth-order valence-corrected chi connectivity index (χ4v) is 4.57. The number of aromatic nitrogens is 7. The van der Waals surface area contributed by atoms with Gasteiger partial charge in [-0.15, -0.1) is 0 Å². The maximum Gasteiger partial charge on any atom is 0.181 e. The van der Waals surface area contributed by atoms with E-state index in [1.165, 1.54) is 0 Å². The Labute approximate surface area is 214 Å². The first-order valence-corrected chi connectivity index (χ1v) is 12.4. The van der Waals surface area contributed by atoms with Crippen molar-refractivity contribution in [2.45, 2.75) is 0 Å². The van der Waals surface area contributed by atoms with Gasteiger partial charge >= 0.3 is 0 Å². The van der Waals surface area contributed by atoms with Gasteiger partial charge in [0.25, 0.3) is 0 Å². The van der Waals surface area contributed by atoms with Crippen LogP contribution in [0.25, 0.3) is 44.8 Å². The molecule has 0 aromatic carbocycles. The molecule has 37 heavy (non-hydrogen) atoms. The van der Waals surface area contributed by atoms with Crippen molar-refractivity contribution >= 4 is 27.9 Å². The Hall–Kier alpha value is -4.09. The number of likely N-dealkylation sites (N-methyl/N-ethyl adjacent to an activating group) is 2. The largest absolute Gasteiger partial charge is 0.491 e. The third-order valence-corrected chi connectivity index (χ3v) is 6.71. The lowest BCUT2D eigenvalue weighted by Gasteiger charge is -2.34. The van der Waals surface area contributed by atoms with E-state index in [4.69, 9.17) is 9.72 Å². The molecule has 11 heteroatoms. The maximum absolute atomic E-state index is 5.87. The molecule has 0 unspecified atom stereocenters. The highest BCUT2D eigenvalue weighted by molar-refractivity contribution is 5.95. The minimum absolute atomic E-state index is 0.595. The number of rotatable bonds is 7. The molecule has 5 aromatic heterocycles. The smallest absolute Gasteiger partial charge is 0.181 e. The molecule has 0 bridgehead atoms. The summed E-state index contributed by atoms with van der Waals surface area (Å²) in [6, 6.07) is 6.10. The van der Waals surface area contributed by atoms with Crippen molar-refractivity contribution in [2.75, 3.05) is 65.4 Å².